The third kappa shape index (κ3) is 4.43. The fraction of sp³-hybridized carbons (Fsp3) is 0.400. The molecule has 2 heterocycles. The van der Waals surface area contributed by atoms with Crippen LogP contribution in [0.1, 0.15) is 6.92 Å². The Hall–Kier alpha value is -1.64. The highest BCUT2D eigenvalue weighted by Crippen LogP contribution is 2.21. The predicted molar refractivity (Wildman–Crippen MR) is 94.3 cm³/mol. The van der Waals surface area contributed by atoms with Crippen molar-refractivity contribution in [3.05, 3.63) is 34.5 Å². The van der Waals surface area contributed by atoms with Crippen LogP contribution in [-0.4, -0.2) is 41.0 Å². The third-order valence-corrected chi connectivity index (χ3v) is 4.80. The van der Waals surface area contributed by atoms with Gasteiger partial charge < -0.3 is 10.1 Å². The molecule has 2 rings (SSSR count). The van der Waals surface area contributed by atoms with E-state index in [0.717, 1.165) is 0 Å². The van der Waals surface area contributed by atoms with E-state index >= 15 is 0 Å². The Balaban J connectivity index is 2.15. The Morgan fingerprint density at radius 3 is 3.13 bits per heavy atom. The Morgan fingerprint density at radius 1 is 1.65 bits per heavy atom. The van der Waals surface area contributed by atoms with Gasteiger partial charge >= 0.3 is 0 Å². The van der Waals surface area contributed by atoms with Gasteiger partial charge in [-0.1, -0.05) is 17.8 Å². The van der Waals surface area contributed by atoms with E-state index in [1.807, 2.05) is 12.3 Å². The summed E-state index contributed by atoms with van der Waals surface area (Å²) in [6.07, 6.45) is 1.64. The number of thioether (sulfide) groups is 1. The number of allylic oxidation sites excluding steroid dienone is 1. The van der Waals surface area contributed by atoms with Crippen LogP contribution >= 0.6 is 23.1 Å². The third-order valence-electron chi connectivity index (χ3n) is 3.02. The summed E-state index contributed by atoms with van der Waals surface area (Å²) in [6, 6.07) is 1.71. The fourth-order valence-electron chi connectivity index (χ4n) is 2.07. The summed E-state index contributed by atoms with van der Waals surface area (Å²) >= 11 is 2.66. The number of carbonyl (C=O) groups is 1. The largest absolute Gasteiger partial charge is 0.383 e. The molecule has 0 aliphatic heterocycles. The maximum atomic E-state index is 12.5. The Morgan fingerprint density at radius 2 is 2.43 bits per heavy atom. The van der Waals surface area contributed by atoms with Crippen molar-refractivity contribution in [2.24, 2.45) is 0 Å². The number of ether oxygens (including phenoxy) is 1. The second kappa shape index (κ2) is 8.28. The highest BCUT2D eigenvalue weighted by Gasteiger charge is 2.14. The van der Waals surface area contributed by atoms with E-state index in [1.165, 1.54) is 23.1 Å². The first kappa shape index (κ1) is 17.7. The molecule has 0 radical (unpaired) electrons. The van der Waals surface area contributed by atoms with Crippen molar-refractivity contribution in [2.45, 2.75) is 24.7 Å². The molecule has 0 fully saturated rings. The topological polar surface area (TPSA) is 73.2 Å². The van der Waals surface area contributed by atoms with Crippen LogP contribution < -0.4 is 10.9 Å². The number of nitrogens with zero attached hydrogens (tertiary/aromatic N) is 2. The quantitative estimate of drug-likeness (QED) is 0.446. The number of thiophene rings is 1. The number of nitrogens with one attached hydrogen (secondary N) is 1. The second-order valence-corrected chi connectivity index (χ2v) is 6.79. The number of methoxy groups -OCH3 is 1. The normalized spacial score (nSPS) is 12.3. The molecule has 0 saturated heterocycles. The van der Waals surface area contributed by atoms with Gasteiger partial charge in [-0.3, -0.25) is 14.2 Å². The summed E-state index contributed by atoms with van der Waals surface area (Å²) in [5.41, 5.74) is -0.105. The molecule has 0 bridgehead atoms. The summed E-state index contributed by atoms with van der Waals surface area (Å²) in [5, 5.41) is 5.79. The van der Waals surface area contributed by atoms with Gasteiger partial charge in [0, 0.05) is 19.7 Å². The van der Waals surface area contributed by atoms with Crippen LogP contribution in [0.15, 0.2) is 34.1 Å². The minimum Gasteiger partial charge on any atom is -0.383 e. The second-order valence-electron chi connectivity index (χ2n) is 4.95. The number of fused-ring (bicyclic) bond motifs is 1. The predicted octanol–water partition coefficient (Wildman–Crippen LogP) is 1.89. The average Bonchev–Trinajstić information content (AvgIpc) is 2.97. The van der Waals surface area contributed by atoms with Gasteiger partial charge in [-0.2, -0.15) is 0 Å². The summed E-state index contributed by atoms with van der Waals surface area (Å²) in [4.78, 5) is 29.6. The van der Waals surface area contributed by atoms with Crippen LogP contribution in [0, 0.1) is 0 Å². The fourth-order valence-corrected chi connectivity index (χ4v) is 3.69. The van der Waals surface area contributed by atoms with Gasteiger partial charge in [0.15, 0.2) is 5.16 Å². The van der Waals surface area contributed by atoms with Crippen molar-refractivity contribution in [3.8, 4) is 0 Å². The minimum absolute atomic E-state index is 0.0591. The number of rotatable bonds is 8. The first-order valence-corrected chi connectivity index (χ1v) is 8.93. The van der Waals surface area contributed by atoms with Gasteiger partial charge in [-0.15, -0.1) is 17.9 Å². The number of amides is 1. The summed E-state index contributed by atoms with van der Waals surface area (Å²) < 4.78 is 6.52. The Kier molecular flexibility index (Phi) is 6.37. The Labute approximate surface area is 142 Å². The molecule has 1 N–H and O–H groups in total. The SMILES string of the molecule is C=CCn1c(SCC(=O)NC(C)COC)nc2sccc2c1=O. The molecule has 6 nitrogen and oxygen atoms in total. The van der Waals surface area contributed by atoms with Crippen LogP contribution in [0.2, 0.25) is 0 Å². The first-order chi connectivity index (χ1) is 11.1. The highest BCUT2D eigenvalue weighted by atomic mass is 32.2. The van der Waals surface area contributed by atoms with Gasteiger partial charge in [0.2, 0.25) is 5.91 Å². The van der Waals surface area contributed by atoms with E-state index < -0.39 is 0 Å². The van der Waals surface area contributed by atoms with Crippen molar-refractivity contribution in [2.75, 3.05) is 19.5 Å². The molecule has 0 aliphatic rings. The highest BCUT2D eigenvalue weighted by molar-refractivity contribution is 7.99. The molecule has 1 unspecified atom stereocenters. The van der Waals surface area contributed by atoms with E-state index in [-0.39, 0.29) is 23.3 Å². The zero-order valence-electron chi connectivity index (χ0n) is 13.1. The van der Waals surface area contributed by atoms with Gasteiger partial charge in [-0.05, 0) is 18.4 Å². The van der Waals surface area contributed by atoms with Crippen LogP contribution in [0.25, 0.3) is 10.2 Å². The van der Waals surface area contributed by atoms with Crippen LogP contribution in [0.4, 0.5) is 0 Å². The minimum atomic E-state index is -0.120. The van der Waals surface area contributed by atoms with E-state index in [2.05, 4.69) is 16.9 Å². The number of hydrogen-bond acceptors (Lipinski definition) is 6. The summed E-state index contributed by atoms with van der Waals surface area (Å²) in [7, 11) is 1.59. The zero-order valence-corrected chi connectivity index (χ0v) is 14.7. The molecular formula is C15H19N3O3S2. The van der Waals surface area contributed by atoms with Gasteiger partial charge in [0.05, 0.1) is 17.7 Å². The lowest BCUT2D eigenvalue weighted by Crippen LogP contribution is -2.36. The Bertz CT molecular complexity index is 754. The molecule has 2 aromatic heterocycles. The van der Waals surface area contributed by atoms with E-state index in [9.17, 15) is 9.59 Å². The van der Waals surface area contributed by atoms with E-state index in [0.29, 0.717) is 28.5 Å². The lowest BCUT2D eigenvalue weighted by atomic mass is 10.3. The van der Waals surface area contributed by atoms with E-state index in [1.54, 1.807) is 23.8 Å². The van der Waals surface area contributed by atoms with E-state index in [4.69, 9.17) is 4.74 Å². The standard InChI is InChI=1S/C15H19N3O3S2/c1-4-6-18-14(20)11-5-7-22-13(11)17-15(18)23-9-12(19)16-10(2)8-21-3/h4-5,7,10H,1,6,8-9H2,2-3H3,(H,16,19). The molecule has 124 valence electrons. The summed E-state index contributed by atoms with van der Waals surface area (Å²) in [6.45, 7) is 6.36. The number of carbonyl (C=O) groups excluding carboxylic acids is 1. The summed E-state index contributed by atoms with van der Waals surface area (Å²) in [5.74, 6) is 0.0688. The number of aromatic nitrogens is 2. The monoisotopic (exact) mass is 353 g/mol. The average molecular weight is 353 g/mol. The molecule has 23 heavy (non-hydrogen) atoms. The molecule has 0 spiro atoms. The molecule has 2 aromatic rings. The van der Waals surface area contributed by atoms with Crippen LogP contribution in [0.3, 0.4) is 0 Å². The molecule has 0 aliphatic carbocycles. The van der Waals surface area contributed by atoms with Gasteiger partial charge in [-0.25, -0.2) is 4.98 Å². The molecular weight excluding hydrogens is 334 g/mol. The lowest BCUT2D eigenvalue weighted by molar-refractivity contribution is -0.119. The molecule has 1 amide bonds. The first-order valence-electron chi connectivity index (χ1n) is 7.06. The molecule has 0 aromatic carbocycles. The molecule has 8 heteroatoms. The lowest BCUT2D eigenvalue weighted by Gasteiger charge is -2.13. The molecule has 0 saturated carbocycles. The van der Waals surface area contributed by atoms with Crippen molar-refractivity contribution < 1.29 is 9.53 Å². The smallest absolute Gasteiger partial charge is 0.263 e. The maximum absolute atomic E-state index is 12.5. The molecule has 1 atom stereocenters. The maximum Gasteiger partial charge on any atom is 0.263 e. The van der Waals surface area contributed by atoms with Gasteiger partial charge in [0.25, 0.3) is 5.56 Å². The van der Waals surface area contributed by atoms with Crippen LogP contribution in [-0.2, 0) is 16.1 Å². The van der Waals surface area contributed by atoms with Crippen molar-refractivity contribution in [3.63, 3.8) is 0 Å². The zero-order chi connectivity index (χ0) is 16.8. The van der Waals surface area contributed by atoms with Crippen LogP contribution in [0.5, 0.6) is 0 Å². The van der Waals surface area contributed by atoms with Crippen molar-refractivity contribution in [1.29, 1.82) is 0 Å². The van der Waals surface area contributed by atoms with Gasteiger partial charge in [0.1, 0.15) is 4.83 Å². The van der Waals surface area contributed by atoms with Crippen molar-refractivity contribution >= 4 is 39.2 Å². The van der Waals surface area contributed by atoms with Crippen molar-refractivity contribution in [1.82, 2.24) is 14.9 Å². The number of hydrogen-bond donors (Lipinski definition) is 1.